The Labute approximate surface area is 117 Å². The molecule has 106 valence electrons. The number of nitrogens with zero attached hydrogens (tertiary/aromatic N) is 1. The van der Waals surface area contributed by atoms with Crippen LogP contribution in [0.2, 0.25) is 0 Å². The molecule has 0 bridgehead atoms. The lowest BCUT2D eigenvalue weighted by atomic mass is 10.1. The molecule has 3 nitrogen and oxygen atoms in total. The number of benzene rings is 1. The first-order chi connectivity index (χ1) is 9.12. The van der Waals surface area contributed by atoms with Crippen LogP contribution in [0.4, 0.5) is 5.69 Å². The van der Waals surface area contributed by atoms with Crippen molar-refractivity contribution in [2.24, 2.45) is 0 Å². The standard InChI is InChI=1S/C16H26N2O/c1-5-12-18(4)15-10-8-13(9-11-15)16(19)17-14(6-2)7-3/h8-11,14H,5-7,12H2,1-4H3,(H,17,19). The van der Waals surface area contributed by atoms with Gasteiger partial charge in [0.25, 0.3) is 5.91 Å². The van der Waals surface area contributed by atoms with Crippen LogP contribution in [0.3, 0.4) is 0 Å². The van der Waals surface area contributed by atoms with E-state index in [1.54, 1.807) is 0 Å². The second-order valence-electron chi connectivity index (χ2n) is 4.96. The maximum absolute atomic E-state index is 12.1. The number of carbonyl (C=O) groups excluding carboxylic acids is 1. The molecule has 0 aromatic heterocycles. The van der Waals surface area contributed by atoms with Gasteiger partial charge in [0.05, 0.1) is 0 Å². The van der Waals surface area contributed by atoms with E-state index in [1.165, 1.54) is 0 Å². The number of hydrogen-bond acceptors (Lipinski definition) is 2. The fraction of sp³-hybridized carbons (Fsp3) is 0.562. The van der Waals surface area contributed by atoms with Crippen LogP contribution in [0.25, 0.3) is 0 Å². The minimum atomic E-state index is 0.0263. The number of amides is 1. The van der Waals surface area contributed by atoms with Gasteiger partial charge >= 0.3 is 0 Å². The van der Waals surface area contributed by atoms with Crippen LogP contribution in [0, 0.1) is 0 Å². The maximum atomic E-state index is 12.1. The van der Waals surface area contributed by atoms with Crippen molar-refractivity contribution in [1.82, 2.24) is 5.32 Å². The van der Waals surface area contributed by atoms with Gasteiger partial charge in [0.15, 0.2) is 0 Å². The number of nitrogens with one attached hydrogen (secondary N) is 1. The molecule has 3 heteroatoms. The number of rotatable bonds is 7. The molecular weight excluding hydrogens is 236 g/mol. The lowest BCUT2D eigenvalue weighted by Gasteiger charge is -2.19. The number of hydrogen-bond donors (Lipinski definition) is 1. The summed E-state index contributed by atoms with van der Waals surface area (Å²) in [5.41, 5.74) is 1.89. The lowest BCUT2D eigenvalue weighted by molar-refractivity contribution is 0.0935. The van der Waals surface area contributed by atoms with Crippen LogP contribution >= 0.6 is 0 Å². The third-order valence-electron chi connectivity index (χ3n) is 3.45. The van der Waals surface area contributed by atoms with E-state index in [0.717, 1.165) is 37.1 Å². The van der Waals surface area contributed by atoms with E-state index >= 15 is 0 Å². The van der Waals surface area contributed by atoms with Crippen molar-refractivity contribution in [2.45, 2.75) is 46.1 Å². The van der Waals surface area contributed by atoms with Gasteiger partial charge < -0.3 is 10.2 Å². The highest BCUT2D eigenvalue weighted by molar-refractivity contribution is 5.94. The molecule has 1 rings (SSSR count). The number of carbonyl (C=O) groups is 1. The molecule has 1 aromatic rings. The molecule has 0 radical (unpaired) electrons. The van der Waals surface area contributed by atoms with Gasteiger partial charge in [-0.05, 0) is 43.5 Å². The Morgan fingerprint density at radius 1 is 1.16 bits per heavy atom. The highest BCUT2D eigenvalue weighted by atomic mass is 16.1. The zero-order valence-corrected chi connectivity index (χ0v) is 12.6. The monoisotopic (exact) mass is 262 g/mol. The highest BCUT2D eigenvalue weighted by Crippen LogP contribution is 2.14. The third-order valence-corrected chi connectivity index (χ3v) is 3.45. The third kappa shape index (κ3) is 4.58. The Bertz CT molecular complexity index is 382. The van der Waals surface area contributed by atoms with Gasteiger partial charge in [-0.15, -0.1) is 0 Å². The first-order valence-corrected chi connectivity index (χ1v) is 7.24. The van der Waals surface area contributed by atoms with Crippen LogP contribution in [0.1, 0.15) is 50.4 Å². The molecule has 19 heavy (non-hydrogen) atoms. The fourth-order valence-electron chi connectivity index (χ4n) is 2.09. The second kappa shape index (κ2) is 7.82. The average Bonchev–Trinajstić information content (AvgIpc) is 2.45. The highest BCUT2D eigenvalue weighted by Gasteiger charge is 2.10. The van der Waals surface area contributed by atoms with Gasteiger partial charge in [0, 0.05) is 30.9 Å². The maximum Gasteiger partial charge on any atom is 0.251 e. The molecule has 0 heterocycles. The topological polar surface area (TPSA) is 32.3 Å². The molecule has 0 aliphatic rings. The number of anilines is 1. The molecule has 0 saturated carbocycles. The molecule has 0 saturated heterocycles. The van der Waals surface area contributed by atoms with Gasteiger partial charge in [-0.1, -0.05) is 20.8 Å². The van der Waals surface area contributed by atoms with Crippen LogP contribution in [-0.4, -0.2) is 25.5 Å². The van der Waals surface area contributed by atoms with Crippen LogP contribution in [0.5, 0.6) is 0 Å². The predicted octanol–water partition coefficient (Wildman–Crippen LogP) is 3.45. The van der Waals surface area contributed by atoms with Gasteiger partial charge in [-0.25, -0.2) is 0 Å². The summed E-state index contributed by atoms with van der Waals surface area (Å²) in [6.07, 6.45) is 3.06. The Balaban J connectivity index is 2.67. The largest absolute Gasteiger partial charge is 0.375 e. The molecule has 0 aliphatic heterocycles. The molecule has 1 aromatic carbocycles. The molecule has 0 aliphatic carbocycles. The summed E-state index contributed by atoms with van der Waals surface area (Å²) >= 11 is 0. The Hall–Kier alpha value is -1.51. The summed E-state index contributed by atoms with van der Waals surface area (Å²) in [4.78, 5) is 14.3. The second-order valence-corrected chi connectivity index (χ2v) is 4.96. The van der Waals surface area contributed by atoms with Crippen molar-refractivity contribution >= 4 is 11.6 Å². The van der Waals surface area contributed by atoms with E-state index in [-0.39, 0.29) is 11.9 Å². The molecule has 1 amide bonds. The van der Waals surface area contributed by atoms with Crippen LogP contribution < -0.4 is 10.2 Å². The predicted molar refractivity (Wildman–Crippen MR) is 81.8 cm³/mol. The lowest BCUT2D eigenvalue weighted by Crippen LogP contribution is -2.33. The Morgan fingerprint density at radius 2 is 1.74 bits per heavy atom. The summed E-state index contributed by atoms with van der Waals surface area (Å²) in [6.45, 7) is 7.38. The van der Waals surface area contributed by atoms with Crippen molar-refractivity contribution in [3.63, 3.8) is 0 Å². The van der Waals surface area contributed by atoms with Crippen LogP contribution in [-0.2, 0) is 0 Å². The molecule has 0 fully saturated rings. The Kier molecular flexibility index (Phi) is 6.40. The first kappa shape index (κ1) is 15.5. The molecular formula is C16H26N2O. The van der Waals surface area contributed by atoms with E-state index in [4.69, 9.17) is 0 Å². The first-order valence-electron chi connectivity index (χ1n) is 7.24. The average molecular weight is 262 g/mol. The molecule has 0 unspecified atom stereocenters. The fourth-order valence-corrected chi connectivity index (χ4v) is 2.09. The minimum Gasteiger partial charge on any atom is -0.375 e. The Morgan fingerprint density at radius 3 is 2.21 bits per heavy atom. The zero-order valence-electron chi connectivity index (χ0n) is 12.6. The van der Waals surface area contributed by atoms with E-state index in [9.17, 15) is 4.79 Å². The van der Waals surface area contributed by atoms with E-state index < -0.39 is 0 Å². The van der Waals surface area contributed by atoms with E-state index in [0.29, 0.717) is 0 Å². The van der Waals surface area contributed by atoms with Gasteiger partial charge in [0.2, 0.25) is 0 Å². The van der Waals surface area contributed by atoms with Crippen molar-refractivity contribution in [3.8, 4) is 0 Å². The van der Waals surface area contributed by atoms with Crippen molar-refractivity contribution in [1.29, 1.82) is 0 Å². The summed E-state index contributed by atoms with van der Waals surface area (Å²) in [7, 11) is 2.07. The van der Waals surface area contributed by atoms with Gasteiger partial charge in [-0.3, -0.25) is 4.79 Å². The van der Waals surface area contributed by atoms with Gasteiger partial charge in [0.1, 0.15) is 0 Å². The minimum absolute atomic E-state index is 0.0263. The normalized spacial score (nSPS) is 10.6. The van der Waals surface area contributed by atoms with Gasteiger partial charge in [-0.2, -0.15) is 0 Å². The summed E-state index contributed by atoms with van der Waals surface area (Å²) in [5.74, 6) is 0.0263. The van der Waals surface area contributed by atoms with Crippen LogP contribution in [0.15, 0.2) is 24.3 Å². The van der Waals surface area contributed by atoms with Crippen molar-refractivity contribution < 1.29 is 4.79 Å². The molecule has 1 N–H and O–H groups in total. The molecule has 0 atom stereocenters. The quantitative estimate of drug-likeness (QED) is 0.816. The van der Waals surface area contributed by atoms with E-state index in [1.807, 2.05) is 24.3 Å². The van der Waals surface area contributed by atoms with Crippen molar-refractivity contribution in [3.05, 3.63) is 29.8 Å². The summed E-state index contributed by atoms with van der Waals surface area (Å²) in [6, 6.07) is 8.10. The smallest absolute Gasteiger partial charge is 0.251 e. The SMILES string of the molecule is CCCN(C)c1ccc(C(=O)NC(CC)CC)cc1. The molecule has 0 spiro atoms. The van der Waals surface area contributed by atoms with E-state index in [2.05, 4.69) is 38.0 Å². The summed E-state index contributed by atoms with van der Waals surface area (Å²) in [5, 5.41) is 3.05. The van der Waals surface area contributed by atoms with Crippen molar-refractivity contribution in [2.75, 3.05) is 18.5 Å². The zero-order chi connectivity index (χ0) is 14.3. The summed E-state index contributed by atoms with van der Waals surface area (Å²) < 4.78 is 0.